The quantitative estimate of drug-likeness (QED) is 0.338. The van der Waals surface area contributed by atoms with Crippen molar-refractivity contribution in [2.45, 2.75) is 25.0 Å². The van der Waals surface area contributed by atoms with Gasteiger partial charge in [0.2, 0.25) is 5.78 Å². The van der Waals surface area contributed by atoms with Crippen molar-refractivity contribution in [3.8, 4) is 5.69 Å². The highest BCUT2D eigenvalue weighted by Crippen LogP contribution is 2.35. The van der Waals surface area contributed by atoms with Crippen LogP contribution in [0.25, 0.3) is 21.7 Å². The van der Waals surface area contributed by atoms with Crippen LogP contribution in [0.15, 0.2) is 40.3 Å². The lowest BCUT2D eigenvalue weighted by Gasteiger charge is -2.21. The van der Waals surface area contributed by atoms with E-state index < -0.39 is 0 Å². The molecule has 31 heavy (non-hydrogen) atoms. The number of thioether (sulfide) groups is 1. The molecule has 0 atom stereocenters. The molecule has 8 nitrogen and oxygen atoms in total. The van der Waals surface area contributed by atoms with Gasteiger partial charge in [-0.05, 0) is 38.1 Å². The molecule has 0 fully saturated rings. The smallest absolute Gasteiger partial charge is 0.316 e. The fraction of sp³-hybridized carbons (Fsp3) is 0.333. The molecule has 160 valence electrons. The summed E-state index contributed by atoms with van der Waals surface area (Å²) in [5.41, 5.74) is 1.77. The second-order valence-electron chi connectivity index (χ2n) is 7.36. The lowest BCUT2D eigenvalue weighted by molar-refractivity contribution is -0.139. The minimum absolute atomic E-state index is 0.0786. The van der Waals surface area contributed by atoms with E-state index in [4.69, 9.17) is 4.74 Å². The van der Waals surface area contributed by atoms with Gasteiger partial charge in [0, 0.05) is 18.0 Å². The van der Waals surface area contributed by atoms with Crippen molar-refractivity contribution in [1.29, 1.82) is 0 Å². The maximum Gasteiger partial charge on any atom is 0.316 e. The van der Waals surface area contributed by atoms with Gasteiger partial charge in [-0.2, -0.15) is 0 Å². The summed E-state index contributed by atoms with van der Waals surface area (Å²) in [4.78, 5) is 29.9. The average Bonchev–Trinajstić information content (AvgIpc) is 3.34. The van der Waals surface area contributed by atoms with E-state index >= 15 is 0 Å². The van der Waals surface area contributed by atoms with Crippen LogP contribution in [0, 0.1) is 0 Å². The number of thiophene rings is 1. The number of carbonyl (C=O) groups excluding carboxylic acids is 1. The highest BCUT2D eigenvalue weighted by atomic mass is 32.2. The van der Waals surface area contributed by atoms with Crippen LogP contribution in [0.4, 0.5) is 0 Å². The molecule has 1 aromatic carbocycles. The van der Waals surface area contributed by atoms with E-state index in [1.54, 1.807) is 22.8 Å². The first-order valence-electron chi connectivity index (χ1n) is 10.0. The topological polar surface area (TPSA) is 81.7 Å². The van der Waals surface area contributed by atoms with E-state index in [2.05, 4.69) is 22.1 Å². The lowest BCUT2D eigenvalue weighted by Crippen LogP contribution is -2.27. The molecular weight excluding hydrogens is 434 g/mol. The molecule has 5 rings (SSSR count). The molecule has 0 unspecified atom stereocenters. The number of carbonyl (C=O) groups is 1. The van der Waals surface area contributed by atoms with E-state index in [0.717, 1.165) is 41.0 Å². The van der Waals surface area contributed by atoms with E-state index in [1.807, 2.05) is 34.7 Å². The first-order chi connectivity index (χ1) is 15.1. The third-order valence-electron chi connectivity index (χ3n) is 5.30. The minimum Gasteiger partial charge on any atom is -0.465 e. The molecule has 0 saturated carbocycles. The van der Waals surface area contributed by atoms with Gasteiger partial charge in [0.05, 0.1) is 23.4 Å². The molecule has 4 heterocycles. The molecule has 0 saturated heterocycles. The van der Waals surface area contributed by atoms with E-state index in [1.165, 1.54) is 16.6 Å². The van der Waals surface area contributed by atoms with Crippen LogP contribution in [0.5, 0.6) is 0 Å². The van der Waals surface area contributed by atoms with Crippen molar-refractivity contribution >= 4 is 45.1 Å². The number of benzene rings is 1. The predicted molar refractivity (Wildman–Crippen MR) is 121 cm³/mol. The number of aromatic nitrogens is 4. The zero-order chi connectivity index (χ0) is 21.5. The van der Waals surface area contributed by atoms with Gasteiger partial charge in [-0.15, -0.1) is 21.5 Å². The average molecular weight is 456 g/mol. The summed E-state index contributed by atoms with van der Waals surface area (Å²) in [6.45, 7) is 3.84. The van der Waals surface area contributed by atoms with Crippen LogP contribution in [-0.2, 0) is 22.5 Å². The summed E-state index contributed by atoms with van der Waals surface area (Å²) in [6, 6.07) is 9.48. The summed E-state index contributed by atoms with van der Waals surface area (Å²) in [5.74, 6) is 0.278. The van der Waals surface area contributed by atoms with Gasteiger partial charge in [-0.25, -0.2) is 8.97 Å². The maximum atomic E-state index is 13.7. The largest absolute Gasteiger partial charge is 0.465 e. The predicted octanol–water partition coefficient (Wildman–Crippen LogP) is 2.74. The molecule has 1 aliphatic heterocycles. The molecule has 0 amide bonds. The second kappa shape index (κ2) is 8.10. The highest BCUT2D eigenvalue weighted by molar-refractivity contribution is 7.99. The van der Waals surface area contributed by atoms with Gasteiger partial charge >= 0.3 is 5.97 Å². The summed E-state index contributed by atoms with van der Waals surface area (Å²) in [5, 5.41) is 9.98. The van der Waals surface area contributed by atoms with Crippen molar-refractivity contribution in [3.63, 3.8) is 0 Å². The van der Waals surface area contributed by atoms with Gasteiger partial charge in [0.25, 0.3) is 5.56 Å². The fourth-order valence-corrected chi connectivity index (χ4v) is 6.12. The second-order valence-corrected chi connectivity index (χ2v) is 9.39. The van der Waals surface area contributed by atoms with Crippen molar-refractivity contribution < 1.29 is 9.53 Å². The van der Waals surface area contributed by atoms with Gasteiger partial charge in [-0.1, -0.05) is 30.0 Å². The number of esters is 1. The van der Waals surface area contributed by atoms with Crippen LogP contribution < -0.4 is 5.56 Å². The van der Waals surface area contributed by atoms with Crippen LogP contribution in [-0.4, -0.2) is 56.0 Å². The van der Waals surface area contributed by atoms with Crippen molar-refractivity contribution in [2.24, 2.45) is 0 Å². The number of hydrogen-bond acceptors (Lipinski definition) is 8. The molecule has 0 spiro atoms. The Morgan fingerprint density at radius 2 is 2.06 bits per heavy atom. The molecular formula is C21H21N5O3S2. The highest BCUT2D eigenvalue weighted by Gasteiger charge is 2.26. The number of likely N-dealkylation sites (N-methyl/N-ethyl adjacent to an activating group) is 1. The Labute approximate surface area is 186 Å². The molecule has 0 bridgehead atoms. The molecule has 0 N–H and O–H groups in total. The Hall–Kier alpha value is -2.69. The molecule has 10 heteroatoms. The zero-order valence-electron chi connectivity index (χ0n) is 17.2. The summed E-state index contributed by atoms with van der Waals surface area (Å²) < 4.78 is 8.59. The van der Waals surface area contributed by atoms with Crippen LogP contribution in [0.3, 0.4) is 0 Å². The SMILES string of the molecule is CCOC(=O)CSc1nnc2n(-c3ccccc3)c(=O)c3c4c(sc3n12)CN(C)CC4. The number of hydrogen-bond donors (Lipinski definition) is 0. The van der Waals surface area contributed by atoms with Crippen LogP contribution >= 0.6 is 23.1 Å². The van der Waals surface area contributed by atoms with Crippen molar-refractivity contribution in [1.82, 2.24) is 24.1 Å². The van der Waals surface area contributed by atoms with E-state index in [-0.39, 0.29) is 17.3 Å². The number of ether oxygens (including phenoxy) is 1. The Balaban J connectivity index is 1.78. The fourth-order valence-electron chi connectivity index (χ4n) is 3.91. The van der Waals surface area contributed by atoms with Gasteiger partial charge in [0.15, 0.2) is 5.16 Å². The Morgan fingerprint density at radius 3 is 2.84 bits per heavy atom. The summed E-state index contributed by atoms with van der Waals surface area (Å²) >= 11 is 2.88. The Bertz CT molecular complexity index is 1340. The Morgan fingerprint density at radius 1 is 1.26 bits per heavy atom. The normalized spacial score (nSPS) is 14.3. The van der Waals surface area contributed by atoms with Gasteiger partial charge in [0.1, 0.15) is 4.83 Å². The molecule has 1 aliphatic rings. The van der Waals surface area contributed by atoms with Crippen molar-refractivity contribution in [2.75, 3.05) is 26.0 Å². The van der Waals surface area contributed by atoms with Gasteiger partial charge < -0.3 is 9.64 Å². The standard InChI is InChI=1S/C21H21N5O3S2/c1-3-29-16(27)12-30-21-23-22-20-25(13-7-5-4-6-8-13)18(28)17-14-9-10-24(2)11-15(14)31-19(17)26(20)21/h4-8H,3,9-12H2,1-2H3. The summed E-state index contributed by atoms with van der Waals surface area (Å²) in [7, 11) is 2.09. The molecule has 0 radical (unpaired) electrons. The van der Waals surface area contributed by atoms with Crippen LogP contribution in [0.1, 0.15) is 17.4 Å². The number of para-hydroxylation sites is 1. The molecule has 0 aliphatic carbocycles. The zero-order valence-corrected chi connectivity index (χ0v) is 18.8. The Kier molecular flexibility index (Phi) is 5.28. The first-order valence-corrected chi connectivity index (χ1v) is 11.9. The third kappa shape index (κ3) is 3.44. The van der Waals surface area contributed by atoms with Gasteiger partial charge in [-0.3, -0.25) is 9.59 Å². The number of rotatable bonds is 5. The first kappa shape index (κ1) is 20.2. The van der Waals surface area contributed by atoms with Crippen LogP contribution in [0.2, 0.25) is 0 Å². The number of nitrogens with zero attached hydrogens (tertiary/aromatic N) is 5. The number of fused-ring (bicyclic) bond motifs is 5. The third-order valence-corrected chi connectivity index (χ3v) is 7.41. The molecule has 3 aromatic heterocycles. The van der Waals surface area contributed by atoms with Crippen molar-refractivity contribution in [3.05, 3.63) is 51.1 Å². The molecule has 4 aromatic rings. The summed E-state index contributed by atoms with van der Waals surface area (Å²) in [6.07, 6.45) is 0.828. The van der Waals surface area contributed by atoms with E-state index in [0.29, 0.717) is 17.5 Å². The minimum atomic E-state index is -0.302. The maximum absolute atomic E-state index is 13.7. The lowest BCUT2D eigenvalue weighted by atomic mass is 10.1. The van der Waals surface area contributed by atoms with E-state index in [9.17, 15) is 9.59 Å². The monoisotopic (exact) mass is 455 g/mol.